The van der Waals surface area contributed by atoms with E-state index in [1.807, 2.05) is 0 Å². The predicted octanol–water partition coefficient (Wildman–Crippen LogP) is 4.12. The molecule has 11 heteroatoms. The zero-order chi connectivity index (χ0) is 25.8. The van der Waals surface area contributed by atoms with Gasteiger partial charge >= 0.3 is 6.18 Å². The van der Waals surface area contributed by atoms with Gasteiger partial charge in [0, 0.05) is 49.9 Å². The molecule has 7 nitrogen and oxygen atoms in total. The number of carbonyl (C=O) groups is 1. The summed E-state index contributed by atoms with van der Waals surface area (Å²) in [7, 11) is 0. The van der Waals surface area contributed by atoms with E-state index in [4.69, 9.17) is 9.26 Å². The standard InChI is InChI=1S/C25H32F4N4O3/c1-17-14-20(36-32-17)15-22(34)30-19-4-8-24(26,9-5-19)10-13-33-11-6-18-2-3-23(31-21(18)7-12-33)35-16-25(27,28)29/h2-3,14,19H,4-13,15-16H2,1H3,(H,30,34)/t19-,24+. The molecular formula is C25H32F4N4O3. The molecule has 0 spiro atoms. The summed E-state index contributed by atoms with van der Waals surface area (Å²) in [4.78, 5) is 18.7. The number of amides is 1. The van der Waals surface area contributed by atoms with Gasteiger partial charge < -0.3 is 19.5 Å². The summed E-state index contributed by atoms with van der Waals surface area (Å²) in [6.07, 6.45) is -0.605. The maximum atomic E-state index is 15.5. The molecule has 1 aliphatic heterocycles. The van der Waals surface area contributed by atoms with Crippen LogP contribution in [0.1, 0.15) is 54.8 Å². The molecule has 36 heavy (non-hydrogen) atoms. The first-order chi connectivity index (χ1) is 17.1. The van der Waals surface area contributed by atoms with Crippen molar-refractivity contribution in [3.8, 4) is 5.88 Å². The van der Waals surface area contributed by atoms with Gasteiger partial charge in [-0.1, -0.05) is 11.2 Å². The third-order valence-electron chi connectivity index (χ3n) is 6.92. The minimum Gasteiger partial charge on any atom is -0.468 e. The molecule has 2 aromatic rings. The van der Waals surface area contributed by atoms with Gasteiger partial charge in [0.15, 0.2) is 6.61 Å². The van der Waals surface area contributed by atoms with Crippen LogP contribution >= 0.6 is 0 Å². The molecule has 1 saturated carbocycles. The number of pyridine rings is 1. The van der Waals surface area contributed by atoms with Gasteiger partial charge in [-0.3, -0.25) is 4.79 Å². The highest BCUT2D eigenvalue weighted by Gasteiger charge is 2.36. The molecule has 0 saturated heterocycles. The number of ether oxygens (including phenoxy) is 1. The monoisotopic (exact) mass is 512 g/mol. The van der Waals surface area contributed by atoms with Crippen LogP contribution in [0.4, 0.5) is 17.6 Å². The van der Waals surface area contributed by atoms with Gasteiger partial charge in [0.25, 0.3) is 0 Å². The van der Waals surface area contributed by atoms with Crippen LogP contribution in [0, 0.1) is 6.92 Å². The van der Waals surface area contributed by atoms with Crippen molar-refractivity contribution in [1.29, 1.82) is 0 Å². The predicted molar refractivity (Wildman–Crippen MR) is 123 cm³/mol. The third-order valence-corrected chi connectivity index (χ3v) is 6.92. The molecule has 2 aromatic heterocycles. The minimum absolute atomic E-state index is 0.0259. The molecule has 0 unspecified atom stereocenters. The first-order valence-electron chi connectivity index (χ1n) is 12.4. The molecule has 0 atom stereocenters. The van der Waals surface area contributed by atoms with Crippen LogP contribution in [0.25, 0.3) is 0 Å². The Morgan fingerprint density at radius 1 is 1.25 bits per heavy atom. The number of rotatable bonds is 8. The van der Waals surface area contributed by atoms with Crippen LogP contribution < -0.4 is 10.1 Å². The van der Waals surface area contributed by atoms with Crippen LogP contribution in [0.2, 0.25) is 0 Å². The Bertz CT molecular complexity index is 1030. The zero-order valence-corrected chi connectivity index (χ0v) is 20.4. The molecule has 1 fully saturated rings. The smallest absolute Gasteiger partial charge is 0.422 e. The molecule has 0 radical (unpaired) electrons. The summed E-state index contributed by atoms with van der Waals surface area (Å²) in [5, 5.41) is 6.75. The molecule has 2 aliphatic rings. The summed E-state index contributed by atoms with van der Waals surface area (Å²) < 4.78 is 62.6. The van der Waals surface area contributed by atoms with Crippen molar-refractivity contribution in [2.75, 3.05) is 26.2 Å². The molecule has 4 rings (SSSR count). The lowest BCUT2D eigenvalue weighted by Gasteiger charge is -2.35. The van der Waals surface area contributed by atoms with Gasteiger partial charge in [0.05, 0.1) is 12.1 Å². The summed E-state index contributed by atoms with van der Waals surface area (Å²) in [5.41, 5.74) is 1.19. The van der Waals surface area contributed by atoms with E-state index in [9.17, 15) is 18.0 Å². The van der Waals surface area contributed by atoms with E-state index in [-0.39, 0.29) is 24.2 Å². The average molecular weight is 513 g/mol. The highest BCUT2D eigenvalue weighted by Crippen LogP contribution is 2.35. The van der Waals surface area contributed by atoms with Gasteiger partial charge in [-0.2, -0.15) is 13.2 Å². The highest BCUT2D eigenvalue weighted by molar-refractivity contribution is 5.78. The highest BCUT2D eigenvalue weighted by atomic mass is 19.4. The van der Waals surface area contributed by atoms with Crippen molar-refractivity contribution >= 4 is 5.91 Å². The number of alkyl halides is 4. The summed E-state index contributed by atoms with van der Waals surface area (Å²) >= 11 is 0. The van der Waals surface area contributed by atoms with Gasteiger partial charge in [-0.15, -0.1) is 0 Å². The molecule has 198 valence electrons. The lowest BCUT2D eigenvalue weighted by Crippen LogP contribution is -2.43. The number of aryl methyl sites for hydroxylation is 1. The van der Waals surface area contributed by atoms with Crippen LogP contribution in [0.15, 0.2) is 22.7 Å². The Labute approximate surface area is 207 Å². The Kier molecular flexibility index (Phi) is 8.17. The van der Waals surface area contributed by atoms with Crippen molar-refractivity contribution in [3.63, 3.8) is 0 Å². The molecule has 1 N–H and O–H groups in total. The fraction of sp³-hybridized carbons (Fsp3) is 0.640. The van der Waals surface area contributed by atoms with Crippen LogP contribution in [-0.2, 0) is 24.1 Å². The first kappa shape index (κ1) is 26.4. The maximum absolute atomic E-state index is 15.5. The summed E-state index contributed by atoms with van der Waals surface area (Å²) in [6, 6.07) is 4.93. The summed E-state index contributed by atoms with van der Waals surface area (Å²) in [5.74, 6) is 0.342. The molecular weight excluding hydrogens is 480 g/mol. The van der Waals surface area contributed by atoms with Gasteiger partial charge in [0.1, 0.15) is 11.4 Å². The van der Waals surface area contributed by atoms with Crippen molar-refractivity contribution in [3.05, 3.63) is 40.9 Å². The van der Waals surface area contributed by atoms with E-state index in [1.54, 1.807) is 19.1 Å². The van der Waals surface area contributed by atoms with E-state index in [0.29, 0.717) is 63.8 Å². The molecule has 3 heterocycles. The van der Waals surface area contributed by atoms with E-state index >= 15 is 4.39 Å². The fourth-order valence-corrected chi connectivity index (χ4v) is 4.89. The summed E-state index contributed by atoms with van der Waals surface area (Å²) in [6.45, 7) is 2.44. The molecule has 1 aliphatic carbocycles. The Morgan fingerprint density at radius 3 is 2.69 bits per heavy atom. The topological polar surface area (TPSA) is 80.5 Å². The SMILES string of the molecule is Cc1cc(CC(=O)N[C@H]2CC[C@](F)(CCN3CCc4ccc(OCC(F)(F)F)nc4CC3)CC2)on1. The van der Waals surface area contributed by atoms with Crippen LogP contribution in [-0.4, -0.2) is 65.1 Å². The Hall–Kier alpha value is -2.69. The lowest BCUT2D eigenvalue weighted by atomic mass is 9.81. The van der Waals surface area contributed by atoms with Crippen LogP contribution in [0.3, 0.4) is 0 Å². The van der Waals surface area contributed by atoms with E-state index in [1.165, 1.54) is 6.07 Å². The second-order valence-electron chi connectivity index (χ2n) is 9.85. The number of halogens is 4. The molecule has 0 aromatic carbocycles. The van der Waals surface area contributed by atoms with E-state index in [0.717, 1.165) is 23.5 Å². The largest absolute Gasteiger partial charge is 0.468 e. The fourth-order valence-electron chi connectivity index (χ4n) is 4.89. The van der Waals surface area contributed by atoms with E-state index in [2.05, 4.69) is 20.4 Å². The van der Waals surface area contributed by atoms with Gasteiger partial charge in [-0.25, -0.2) is 9.37 Å². The van der Waals surface area contributed by atoms with Gasteiger partial charge in [0.2, 0.25) is 11.8 Å². The van der Waals surface area contributed by atoms with Gasteiger partial charge in [-0.05, 0) is 51.0 Å². The van der Waals surface area contributed by atoms with Crippen molar-refractivity contribution < 1.29 is 31.6 Å². The van der Waals surface area contributed by atoms with E-state index < -0.39 is 18.5 Å². The molecule has 1 amide bonds. The van der Waals surface area contributed by atoms with Crippen molar-refractivity contribution in [2.24, 2.45) is 0 Å². The number of hydrogen-bond donors (Lipinski definition) is 1. The van der Waals surface area contributed by atoms with Crippen molar-refractivity contribution in [2.45, 2.75) is 76.2 Å². The minimum atomic E-state index is -4.41. The maximum Gasteiger partial charge on any atom is 0.422 e. The third kappa shape index (κ3) is 7.65. The number of carbonyl (C=O) groups excluding carboxylic acids is 1. The van der Waals surface area contributed by atoms with Crippen LogP contribution in [0.5, 0.6) is 5.88 Å². The number of fused-ring (bicyclic) bond motifs is 1. The second kappa shape index (κ2) is 11.1. The number of nitrogens with one attached hydrogen (secondary N) is 1. The lowest BCUT2D eigenvalue weighted by molar-refractivity contribution is -0.154. The first-order valence-corrected chi connectivity index (χ1v) is 12.4. The van der Waals surface area contributed by atoms with Crippen molar-refractivity contribution in [1.82, 2.24) is 20.4 Å². The second-order valence-corrected chi connectivity index (χ2v) is 9.85. The number of hydrogen-bond acceptors (Lipinski definition) is 6. The molecule has 0 bridgehead atoms. The number of nitrogens with zero attached hydrogens (tertiary/aromatic N) is 3. The Morgan fingerprint density at radius 2 is 2.00 bits per heavy atom. The quantitative estimate of drug-likeness (QED) is 0.536. The zero-order valence-electron chi connectivity index (χ0n) is 20.4. The Balaban J connectivity index is 1.19. The average Bonchev–Trinajstić information content (AvgIpc) is 3.11. The number of aromatic nitrogens is 2. The normalized spacial score (nSPS) is 23.1.